The summed E-state index contributed by atoms with van der Waals surface area (Å²) in [5.41, 5.74) is 2.15. The van der Waals surface area contributed by atoms with Crippen LogP contribution in [-0.2, 0) is 4.79 Å². The van der Waals surface area contributed by atoms with Crippen LogP contribution in [0.25, 0.3) is 10.8 Å². The Bertz CT molecular complexity index is 1120. The Morgan fingerprint density at radius 2 is 1.53 bits per heavy atom. The second kappa shape index (κ2) is 9.86. The molecule has 1 fully saturated rings. The number of ether oxygens (including phenoxy) is 1. The summed E-state index contributed by atoms with van der Waals surface area (Å²) in [7, 11) is 0. The van der Waals surface area contributed by atoms with Crippen LogP contribution in [0.5, 0.6) is 5.75 Å². The van der Waals surface area contributed by atoms with Gasteiger partial charge in [0.1, 0.15) is 5.75 Å². The molecular formula is C27H30N2O3. The van der Waals surface area contributed by atoms with Crippen molar-refractivity contribution in [1.82, 2.24) is 4.90 Å². The summed E-state index contributed by atoms with van der Waals surface area (Å²) in [5, 5.41) is 4.90. The SMILES string of the molecule is Cc1ccccc1NC(=O)c1cc2ccccc2cc1OC(C)C(=O)N1CCCCCC1. The van der Waals surface area contributed by atoms with Gasteiger partial charge in [0.15, 0.2) is 6.10 Å². The Hall–Kier alpha value is -3.34. The lowest BCUT2D eigenvalue weighted by Gasteiger charge is -2.25. The fourth-order valence-electron chi connectivity index (χ4n) is 4.19. The molecule has 2 amide bonds. The van der Waals surface area contributed by atoms with Crippen molar-refractivity contribution >= 4 is 28.3 Å². The Labute approximate surface area is 189 Å². The van der Waals surface area contributed by atoms with E-state index in [9.17, 15) is 9.59 Å². The molecule has 1 heterocycles. The summed E-state index contributed by atoms with van der Waals surface area (Å²) in [6.07, 6.45) is 3.70. The van der Waals surface area contributed by atoms with E-state index in [0.29, 0.717) is 11.3 Å². The van der Waals surface area contributed by atoms with Gasteiger partial charge in [-0.25, -0.2) is 0 Å². The van der Waals surface area contributed by atoms with Crippen LogP contribution in [0.4, 0.5) is 5.69 Å². The molecule has 1 saturated heterocycles. The van der Waals surface area contributed by atoms with E-state index < -0.39 is 6.10 Å². The van der Waals surface area contributed by atoms with Gasteiger partial charge >= 0.3 is 0 Å². The zero-order chi connectivity index (χ0) is 22.5. The molecule has 1 aliphatic rings. The Balaban J connectivity index is 1.62. The predicted molar refractivity (Wildman–Crippen MR) is 128 cm³/mol. The van der Waals surface area contributed by atoms with Crippen molar-refractivity contribution in [3.63, 3.8) is 0 Å². The number of hydrogen-bond acceptors (Lipinski definition) is 3. The molecule has 1 aliphatic heterocycles. The summed E-state index contributed by atoms with van der Waals surface area (Å²) in [5.74, 6) is 0.144. The van der Waals surface area contributed by atoms with Crippen LogP contribution in [0.15, 0.2) is 60.7 Å². The van der Waals surface area contributed by atoms with E-state index >= 15 is 0 Å². The molecule has 0 saturated carbocycles. The van der Waals surface area contributed by atoms with E-state index in [1.54, 1.807) is 6.92 Å². The number of nitrogens with zero attached hydrogens (tertiary/aromatic N) is 1. The first-order chi connectivity index (χ1) is 15.5. The molecule has 4 rings (SSSR count). The van der Waals surface area contributed by atoms with E-state index in [1.807, 2.05) is 72.5 Å². The maximum atomic E-state index is 13.2. The Kier molecular flexibility index (Phi) is 6.74. The number of amides is 2. The number of hydrogen-bond donors (Lipinski definition) is 1. The lowest BCUT2D eigenvalue weighted by atomic mass is 10.0. The molecular weight excluding hydrogens is 400 g/mol. The summed E-state index contributed by atoms with van der Waals surface area (Å²) >= 11 is 0. The lowest BCUT2D eigenvalue weighted by molar-refractivity contribution is -0.137. The summed E-state index contributed by atoms with van der Waals surface area (Å²) < 4.78 is 6.15. The van der Waals surface area contributed by atoms with Gasteiger partial charge in [0.25, 0.3) is 11.8 Å². The lowest BCUT2D eigenvalue weighted by Crippen LogP contribution is -2.41. The van der Waals surface area contributed by atoms with E-state index in [1.165, 1.54) is 0 Å². The van der Waals surface area contributed by atoms with E-state index in [4.69, 9.17) is 4.74 Å². The number of rotatable bonds is 5. The third kappa shape index (κ3) is 4.93. The smallest absolute Gasteiger partial charge is 0.263 e. The van der Waals surface area contributed by atoms with Crippen LogP contribution < -0.4 is 10.1 Å². The molecule has 3 aromatic rings. The van der Waals surface area contributed by atoms with Crippen molar-refractivity contribution in [2.75, 3.05) is 18.4 Å². The molecule has 3 aromatic carbocycles. The third-order valence-electron chi connectivity index (χ3n) is 6.06. The largest absolute Gasteiger partial charge is 0.480 e. The quantitative estimate of drug-likeness (QED) is 0.576. The van der Waals surface area contributed by atoms with Gasteiger partial charge in [0.2, 0.25) is 0 Å². The second-order valence-electron chi connectivity index (χ2n) is 8.46. The number of nitrogens with one attached hydrogen (secondary N) is 1. The number of aryl methyl sites for hydroxylation is 1. The molecule has 1 atom stereocenters. The third-order valence-corrected chi connectivity index (χ3v) is 6.06. The monoisotopic (exact) mass is 430 g/mol. The topological polar surface area (TPSA) is 58.6 Å². The highest BCUT2D eigenvalue weighted by Crippen LogP contribution is 2.29. The van der Waals surface area contributed by atoms with E-state index in [-0.39, 0.29) is 11.8 Å². The molecule has 0 aliphatic carbocycles. The van der Waals surface area contributed by atoms with Crippen molar-refractivity contribution in [2.24, 2.45) is 0 Å². The Morgan fingerprint density at radius 3 is 2.22 bits per heavy atom. The zero-order valence-electron chi connectivity index (χ0n) is 18.8. The van der Waals surface area contributed by atoms with Crippen LogP contribution in [0.2, 0.25) is 0 Å². The van der Waals surface area contributed by atoms with E-state index in [0.717, 1.165) is 60.8 Å². The van der Waals surface area contributed by atoms with Crippen LogP contribution >= 0.6 is 0 Å². The van der Waals surface area contributed by atoms with Crippen molar-refractivity contribution in [3.8, 4) is 5.75 Å². The van der Waals surface area contributed by atoms with Gasteiger partial charge in [0.05, 0.1) is 5.56 Å². The van der Waals surface area contributed by atoms with Gasteiger partial charge in [-0.1, -0.05) is 55.3 Å². The van der Waals surface area contributed by atoms with Gasteiger partial charge < -0.3 is 15.0 Å². The molecule has 32 heavy (non-hydrogen) atoms. The fraction of sp³-hybridized carbons (Fsp3) is 0.333. The van der Waals surface area contributed by atoms with Crippen molar-refractivity contribution in [1.29, 1.82) is 0 Å². The number of fused-ring (bicyclic) bond motifs is 1. The molecule has 5 nitrogen and oxygen atoms in total. The molecule has 0 spiro atoms. The zero-order valence-corrected chi connectivity index (χ0v) is 18.8. The van der Waals surface area contributed by atoms with E-state index in [2.05, 4.69) is 5.32 Å². The van der Waals surface area contributed by atoms with Gasteiger partial charge in [-0.15, -0.1) is 0 Å². The maximum Gasteiger partial charge on any atom is 0.263 e. The van der Waals surface area contributed by atoms with Gasteiger partial charge in [-0.2, -0.15) is 0 Å². The average molecular weight is 431 g/mol. The van der Waals surface area contributed by atoms with Crippen molar-refractivity contribution in [3.05, 3.63) is 71.8 Å². The molecule has 0 bridgehead atoms. The minimum Gasteiger partial charge on any atom is -0.480 e. The highest BCUT2D eigenvalue weighted by molar-refractivity contribution is 6.09. The van der Waals surface area contributed by atoms with Gasteiger partial charge in [-0.05, 0) is 61.2 Å². The Morgan fingerprint density at radius 1 is 0.906 bits per heavy atom. The number of para-hydroxylation sites is 1. The molecule has 0 radical (unpaired) electrons. The minimum atomic E-state index is -0.667. The number of anilines is 1. The van der Waals surface area contributed by atoms with Crippen LogP contribution in [-0.4, -0.2) is 35.9 Å². The molecule has 166 valence electrons. The van der Waals surface area contributed by atoms with Crippen LogP contribution in [0.3, 0.4) is 0 Å². The fourth-order valence-corrected chi connectivity index (χ4v) is 4.19. The first-order valence-corrected chi connectivity index (χ1v) is 11.4. The molecule has 1 N–H and O–H groups in total. The second-order valence-corrected chi connectivity index (χ2v) is 8.46. The van der Waals surface area contributed by atoms with Gasteiger partial charge in [0, 0.05) is 18.8 Å². The predicted octanol–water partition coefficient (Wildman–Crippen LogP) is 5.57. The van der Waals surface area contributed by atoms with Crippen LogP contribution in [0.1, 0.15) is 48.5 Å². The molecule has 5 heteroatoms. The standard InChI is InChI=1S/C27H30N2O3/c1-19-11-5-8-14-24(19)28-26(30)23-17-21-12-6-7-13-22(21)18-25(23)32-20(2)27(31)29-15-9-3-4-10-16-29/h5-8,11-14,17-18,20H,3-4,9-10,15-16H2,1-2H3,(H,28,30). The van der Waals surface area contributed by atoms with Crippen LogP contribution in [0, 0.1) is 6.92 Å². The highest BCUT2D eigenvalue weighted by Gasteiger charge is 2.25. The first-order valence-electron chi connectivity index (χ1n) is 11.4. The minimum absolute atomic E-state index is 0.0229. The van der Waals surface area contributed by atoms with Gasteiger partial charge in [-0.3, -0.25) is 9.59 Å². The number of carbonyl (C=O) groups is 2. The molecule has 1 unspecified atom stereocenters. The van der Waals surface area contributed by atoms with Crippen molar-refractivity contribution < 1.29 is 14.3 Å². The summed E-state index contributed by atoms with van der Waals surface area (Å²) in [6.45, 7) is 5.26. The maximum absolute atomic E-state index is 13.2. The summed E-state index contributed by atoms with van der Waals surface area (Å²) in [6, 6.07) is 19.2. The number of benzene rings is 3. The first kappa shape index (κ1) is 21.9. The average Bonchev–Trinajstić information content (AvgIpc) is 3.09. The number of carbonyl (C=O) groups excluding carboxylic acids is 2. The number of likely N-dealkylation sites (tertiary alicyclic amines) is 1. The van der Waals surface area contributed by atoms with Crippen molar-refractivity contribution in [2.45, 2.75) is 45.6 Å². The summed E-state index contributed by atoms with van der Waals surface area (Å²) in [4.78, 5) is 28.2. The highest BCUT2D eigenvalue weighted by atomic mass is 16.5. The molecule has 0 aromatic heterocycles. The normalized spacial score (nSPS) is 15.1.